The fourth-order valence-electron chi connectivity index (χ4n) is 7.51. The van der Waals surface area contributed by atoms with Crippen LogP contribution in [0.2, 0.25) is 0 Å². The zero-order chi connectivity index (χ0) is 32.3. The maximum atomic E-state index is 4.49. The van der Waals surface area contributed by atoms with Crippen molar-refractivity contribution >= 4 is 34.1 Å². The molecule has 7 aromatic rings. The van der Waals surface area contributed by atoms with Crippen molar-refractivity contribution in [3.63, 3.8) is 0 Å². The fraction of sp³-hybridized carbons (Fsp3) is 0.0909. The Bertz CT molecular complexity index is 1920. The van der Waals surface area contributed by atoms with Crippen LogP contribution < -0.4 is 9.80 Å². The number of pyridine rings is 2. The molecule has 8 rings (SSSR count). The van der Waals surface area contributed by atoms with Gasteiger partial charge in [-0.2, -0.15) is 0 Å². The molecule has 0 unspecified atom stereocenters. The number of para-hydroxylation sites is 2. The SMILES string of the molecule is CCCC1(c2ccccc2)c2cc(N(c3ccccc3)c3cccnc3)ccc2-c2ccc(N(c3ccccc3)c3cccnc3)cc21. The molecule has 232 valence electrons. The van der Waals surface area contributed by atoms with Gasteiger partial charge >= 0.3 is 0 Å². The third kappa shape index (κ3) is 5.03. The van der Waals surface area contributed by atoms with E-state index in [9.17, 15) is 0 Å². The van der Waals surface area contributed by atoms with Gasteiger partial charge in [0.2, 0.25) is 0 Å². The third-order valence-corrected chi connectivity index (χ3v) is 9.46. The molecule has 4 heteroatoms. The van der Waals surface area contributed by atoms with E-state index < -0.39 is 0 Å². The van der Waals surface area contributed by atoms with Gasteiger partial charge in [0.25, 0.3) is 0 Å². The van der Waals surface area contributed by atoms with E-state index in [1.807, 2.05) is 36.9 Å². The van der Waals surface area contributed by atoms with Crippen molar-refractivity contribution in [2.45, 2.75) is 25.2 Å². The summed E-state index contributed by atoms with van der Waals surface area (Å²) in [5.74, 6) is 0. The molecule has 0 spiro atoms. The molecule has 0 saturated carbocycles. The van der Waals surface area contributed by atoms with Crippen LogP contribution in [0.3, 0.4) is 0 Å². The zero-order valence-electron chi connectivity index (χ0n) is 26.9. The Hall–Kier alpha value is -6.00. The van der Waals surface area contributed by atoms with Crippen LogP contribution in [0.15, 0.2) is 176 Å². The number of benzene rings is 5. The summed E-state index contributed by atoms with van der Waals surface area (Å²) >= 11 is 0. The van der Waals surface area contributed by atoms with Crippen molar-refractivity contribution in [2.75, 3.05) is 9.80 Å². The first-order valence-electron chi connectivity index (χ1n) is 16.6. The van der Waals surface area contributed by atoms with E-state index in [1.165, 1.54) is 27.8 Å². The number of rotatable bonds is 9. The van der Waals surface area contributed by atoms with E-state index in [0.29, 0.717) is 0 Å². The lowest BCUT2D eigenvalue weighted by molar-refractivity contribution is 0.563. The van der Waals surface area contributed by atoms with Crippen molar-refractivity contribution in [1.29, 1.82) is 0 Å². The molecule has 0 aliphatic heterocycles. The molecule has 0 N–H and O–H groups in total. The fourth-order valence-corrected chi connectivity index (χ4v) is 7.51. The minimum Gasteiger partial charge on any atom is -0.309 e. The van der Waals surface area contributed by atoms with Crippen LogP contribution in [0.4, 0.5) is 34.1 Å². The summed E-state index contributed by atoms with van der Waals surface area (Å²) in [5.41, 5.74) is 12.6. The topological polar surface area (TPSA) is 32.3 Å². The van der Waals surface area contributed by atoms with Crippen LogP contribution in [-0.4, -0.2) is 9.97 Å². The number of anilines is 6. The molecule has 2 aromatic heterocycles. The molecule has 5 aromatic carbocycles. The minimum atomic E-state index is -0.346. The molecule has 1 aliphatic rings. The maximum absolute atomic E-state index is 4.49. The van der Waals surface area contributed by atoms with Gasteiger partial charge in [-0.25, -0.2) is 0 Å². The summed E-state index contributed by atoms with van der Waals surface area (Å²) in [6.45, 7) is 2.30. The summed E-state index contributed by atoms with van der Waals surface area (Å²) in [7, 11) is 0. The number of hydrogen-bond donors (Lipinski definition) is 0. The van der Waals surface area contributed by atoms with Crippen molar-refractivity contribution in [2.24, 2.45) is 0 Å². The van der Waals surface area contributed by atoms with Gasteiger partial charge in [-0.05, 0) is 107 Å². The Morgan fingerprint density at radius 2 is 0.896 bits per heavy atom. The van der Waals surface area contributed by atoms with Crippen LogP contribution in [0, 0.1) is 0 Å². The standard InChI is InChI=1S/C44H36N4/c1-2-26-44(33-14-6-3-7-15-33)42-29-36(47(34-16-8-4-9-17-34)38-20-12-27-45-31-38)22-24-40(42)41-25-23-37(30-43(41)44)48(35-18-10-5-11-19-35)39-21-13-28-46-32-39/h3-25,27-32H,2,26H2,1H3. The van der Waals surface area contributed by atoms with E-state index in [-0.39, 0.29) is 5.41 Å². The number of hydrogen-bond acceptors (Lipinski definition) is 4. The first-order valence-corrected chi connectivity index (χ1v) is 16.6. The van der Waals surface area contributed by atoms with Crippen molar-refractivity contribution in [3.05, 3.63) is 193 Å². The normalized spacial score (nSPS) is 12.6. The highest BCUT2D eigenvalue weighted by Crippen LogP contribution is 2.57. The Morgan fingerprint density at radius 1 is 0.458 bits per heavy atom. The van der Waals surface area contributed by atoms with Crippen LogP contribution in [-0.2, 0) is 5.41 Å². The summed E-state index contributed by atoms with van der Waals surface area (Å²) in [4.78, 5) is 13.6. The lowest BCUT2D eigenvalue weighted by Crippen LogP contribution is -2.27. The van der Waals surface area contributed by atoms with E-state index in [4.69, 9.17) is 0 Å². The van der Waals surface area contributed by atoms with Crippen LogP contribution in [0.5, 0.6) is 0 Å². The maximum Gasteiger partial charge on any atom is 0.0644 e. The highest BCUT2D eigenvalue weighted by Gasteiger charge is 2.44. The smallest absolute Gasteiger partial charge is 0.0644 e. The van der Waals surface area contributed by atoms with Crippen LogP contribution in [0.1, 0.15) is 36.5 Å². The molecule has 2 heterocycles. The molecule has 1 aliphatic carbocycles. The molecule has 4 nitrogen and oxygen atoms in total. The minimum absolute atomic E-state index is 0.346. The van der Waals surface area contributed by atoms with Crippen molar-refractivity contribution in [1.82, 2.24) is 9.97 Å². The summed E-state index contributed by atoms with van der Waals surface area (Å²) < 4.78 is 0. The average molecular weight is 621 g/mol. The largest absolute Gasteiger partial charge is 0.309 e. The van der Waals surface area contributed by atoms with Gasteiger partial charge in [0.15, 0.2) is 0 Å². The summed E-state index contributed by atoms with van der Waals surface area (Å²) in [5, 5.41) is 0. The predicted molar refractivity (Wildman–Crippen MR) is 198 cm³/mol. The second-order valence-electron chi connectivity index (χ2n) is 12.2. The second-order valence-corrected chi connectivity index (χ2v) is 12.2. The quantitative estimate of drug-likeness (QED) is 0.161. The zero-order valence-corrected chi connectivity index (χ0v) is 26.9. The number of nitrogens with zero attached hydrogens (tertiary/aromatic N) is 4. The van der Waals surface area contributed by atoms with Crippen LogP contribution >= 0.6 is 0 Å². The molecule has 48 heavy (non-hydrogen) atoms. The molecule has 0 saturated heterocycles. The highest BCUT2D eigenvalue weighted by molar-refractivity contribution is 5.90. The van der Waals surface area contributed by atoms with E-state index >= 15 is 0 Å². The Labute approximate surface area is 282 Å². The second kappa shape index (κ2) is 12.7. The summed E-state index contributed by atoms with van der Waals surface area (Å²) in [6.07, 6.45) is 9.53. The first-order chi connectivity index (χ1) is 23.8. The van der Waals surface area contributed by atoms with Gasteiger partial charge < -0.3 is 9.80 Å². The van der Waals surface area contributed by atoms with Gasteiger partial charge in [0.1, 0.15) is 0 Å². The predicted octanol–water partition coefficient (Wildman–Crippen LogP) is 11.5. The first kappa shape index (κ1) is 29.4. The molecular formula is C44H36N4. The molecule has 0 radical (unpaired) electrons. The molecular weight excluding hydrogens is 585 g/mol. The molecule has 0 fully saturated rings. The Kier molecular flexibility index (Phi) is 7.75. The van der Waals surface area contributed by atoms with E-state index in [1.54, 1.807) is 0 Å². The van der Waals surface area contributed by atoms with Gasteiger partial charge in [0, 0.05) is 40.6 Å². The molecule has 0 bridgehead atoms. The Balaban J connectivity index is 1.37. The van der Waals surface area contributed by atoms with Crippen molar-refractivity contribution < 1.29 is 0 Å². The summed E-state index contributed by atoms with van der Waals surface area (Å²) in [6, 6.07) is 54.5. The average Bonchev–Trinajstić information content (AvgIpc) is 3.43. The highest BCUT2D eigenvalue weighted by atomic mass is 15.2. The van der Waals surface area contributed by atoms with Crippen LogP contribution in [0.25, 0.3) is 11.1 Å². The third-order valence-electron chi connectivity index (χ3n) is 9.46. The number of fused-ring (bicyclic) bond motifs is 3. The monoisotopic (exact) mass is 620 g/mol. The molecule has 0 amide bonds. The van der Waals surface area contributed by atoms with Gasteiger partial charge in [-0.1, -0.05) is 92.2 Å². The van der Waals surface area contributed by atoms with Gasteiger partial charge in [-0.3, -0.25) is 9.97 Å². The molecule has 0 atom stereocenters. The van der Waals surface area contributed by atoms with E-state index in [2.05, 4.69) is 166 Å². The Morgan fingerprint density at radius 3 is 1.31 bits per heavy atom. The van der Waals surface area contributed by atoms with Gasteiger partial charge in [-0.15, -0.1) is 0 Å². The van der Waals surface area contributed by atoms with E-state index in [0.717, 1.165) is 47.0 Å². The lowest BCUT2D eigenvalue weighted by atomic mass is 9.69. The number of aromatic nitrogens is 2. The van der Waals surface area contributed by atoms with Crippen molar-refractivity contribution in [3.8, 4) is 11.1 Å². The van der Waals surface area contributed by atoms with Gasteiger partial charge in [0.05, 0.1) is 23.8 Å². The lowest BCUT2D eigenvalue weighted by Gasteiger charge is -2.35.